The molecule has 1 amide bonds. The predicted molar refractivity (Wildman–Crippen MR) is 105 cm³/mol. The number of aryl methyl sites for hydroxylation is 1. The van der Waals surface area contributed by atoms with Crippen LogP contribution in [-0.2, 0) is 21.4 Å². The zero-order valence-electron chi connectivity index (χ0n) is 15.9. The number of benzene rings is 1. The zero-order valence-corrected chi connectivity index (χ0v) is 15.9. The number of rotatable bonds is 5. The van der Waals surface area contributed by atoms with Crippen molar-refractivity contribution in [1.29, 1.82) is 0 Å². The normalized spacial score (nSPS) is 15.1. The van der Waals surface area contributed by atoms with E-state index in [1.54, 1.807) is 6.07 Å². The Morgan fingerprint density at radius 2 is 2.00 bits per heavy atom. The highest BCUT2D eigenvalue weighted by Gasteiger charge is 2.39. The van der Waals surface area contributed by atoms with Crippen molar-refractivity contribution in [2.45, 2.75) is 25.7 Å². The van der Waals surface area contributed by atoms with Crippen LogP contribution in [0.5, 0.6) is 0 Å². The standard InChI is InChI=1S/C21H22N4O3/c1-13-7-16(10-23-20(13)22)15-5-3-14(4-6-15)8-19(26)24-18-9-17(28-25-18)21(2)11-27-12-21/h3-7,9-10H,8,11-12H2,1-2H3,(H2,22,23)(H,24,25,26)/p+1. The highest BCUT2D eigenvalue weighted by Crippen LogP contribution is 2.32. The predicted octanol–water partition coefficient (Wildman–Crippen LogP) is 2.52. The topological polar surface area (TPSA) is 105 Å². The summed E-state index contributed by atoms with van der Waals surface area (Å²) < 4.78 is 10.6. The molecule has 0 bridgehead atoms. The van der Waals surface area contributed by atoms with E-state index in [0.717, 1.165) is 28.0 Å². The van der Waals surface area contributed by atoms with Crippen molar-refractivity contribution in [3.8, 4) is 11.1 Å². The van der Waals surface area contributed by atoms with Gasteiger partial charge >= 0.3 is 0 Å². The fraction of sp³-hybridized carbons (Fsp3) is 0.286. The minimum atomic E-state index is -0.149. The van der Waals surface area contributed by atoms with Crippen molar-refractivity contribution in [3.63, 3.8) is 0 Å². The first kappa shape index (κ1) is 18.2. The lowest BCUT2D eigenvalue weighted by molar-refractivity contribution is -0.360. The van der Waals surface area contributed by atoms with E-state index in [9.17, 15) is 4.79 Å². The van der Waals surface area contributed by atoms with Gasteiger partial charge in [0.15, 0.2) is 5.82 Å². The minimum Gasteiger partial charge on any atom is -0.379 e. The van der Waals surface area contributed by atoms with Crippen molar-refractivity contribution < 1.29 is 19.0 Å². The van der Waals surface area contributed by atoms with E-state index in [2.05, 4.69) is 15.5 Å². The number of pyridine rings is 1. The van der Waals surface area contributed by atoms with Crippen LogP contribution in [0.1, 0.15) is 23.8 Å². The quantitative estimate of drug-likeness (QED) is 0.709. The second kappa shape index (κ2) is 7.09. The van der Waals surface area contributed by atoms with Gasteiger partial charge in [0.1, 0.15) is 5.76 Å². The number of anilines is 2. The number of hydrogen-bond donors (Lipinski definition) is 2. The number of aromatic amines is 1. The Morgan fingerprint density at radius 1 is 1.25 bits per heavy atom. The maximum atomic E-state index is 12.3. The van der Waals surface area contributed by atoms with E-state index in [0.29, 0.717) is 24.8 Å². The molecular formula is C21H23N4O3+. The van der Waals surface area contributed by atoms with Crippen molar-refractivity contribution in [3.05, 3.63) is 59.5 Å². The molecule has 1 aromatic carbocycles. The van der Waals surface area contributed by atoms with E-state index in [1.165, 1.54) is 0 Å². The van der Waals surface area contributed by atoms with Gasteiger partial charge in [-0.2, -0.15) is 0 Å². The molecule has 0 unspecified atom stereocenters. The van der Waals surface area contributed by atoms with Gasteiger partial charge in [-0.25, -0.2) is 4.98 Å². The third-order valence-electron chi connectivity index (χ3n) is 5.05. The van der Waals surface area contributed by atoms with Gasteiger partial charge < -0.3 is 14.6 Å². The fourth-order valence-electron chi connectivity index (χ4n) is 3.15. The lowest BCUT2D eigenvalue weighted by atomic mass is 9.86. The summed E-state index contributed by atoms with van der Waals surface area (Å²) in [5.74, 6) is 1.68. The Morgan fingerprint density at radius 3 is 2.64 bits per heavy atom. The van der Waals surface area contributed by atoms with Crippen molar-refractivity contribution in [1.82, 2.24) is 5.16 Å². The van der Waals surface area contributed by atoms with Gasteiger partial charge in [-0.3, -0.25) is 10.5 Å². The Hall–Kier alpha value is -3.19. The van der Waals surface area contributed by atoms with Crippen molar-refractivity contribution >= 4 is 17.5 Å². The largest absolute Gasteiger partial charge is 0.379 e. The van der Waals surface area contributed by atoms with Crippen LogP contribution < -0.4 is 16.0 Å². The van der Waals surface area contributed by atoms with Crippen LogP contribution >= 0.6 is 0 Å². The van der Waals surface area contributed by atoms with Gasteiger partial charge in [0.2, 0.25) is 5.91 Å². The van der Waals surface area contributed by atoms with Crippen molar-refractivity contribution in [2.75, 3.05) is 24.3 Å². The zero-order chi connectivity index (χ0) is 19.7. The van der Waals surface area contributed by atoms with Crippen LogP contribution in [0.3, 0.4) is 0 Å². The number of H-pyrrole nitrogens is 1. The number of aromatic nitrogens is 2. The maximum Gasteiger partial charge on any atom is 0.273 e. The van der Waals surface area contributed by atoms with Gasteiger partial charge in [-0.1, -0.05) is 29.4 Å². The molecule has 1 aliphatic rings. The molecule has 0 saturated carbocycles. The second-order valence-electron chi connectivity index (χ2n) is 7.54. The minimum absolute atomic E-state index is 0.140. The van der Waals surface area contributed by atoms with E-state index in [4.69, 9.17) is 15.0 Å². The number of nitrogens with zero attached hydrogens (tertiary/aromatic N) is 1. The molecule has 3 aromatic rings. The summed E-state index contributed by atoms with van der Waals surface area (Å²) in [7, 11) is 0. The molecule has 2 aromatic heterocycles. The van der Waals surface area contributed by atoms with E-state index in [1.807, 2.05) is 50.4 Å². The first-order valence-corrected chi connectivity index (χ1v) is 9.15. The number of nitrogens with two attached hydrogens (primary N) is 1. The number of ether oxygens (including phenoxy) is 1. The van der Waals surface area contributed by atoms with Crippen LogP contribution in [0.25, 0.3) is 11.1 Å². The molecule has 0 radical (unpaired) electrons. The summed E-state index contributed by atoms with van der Waals surface area (Å²) >= 11 is 0. The van der Waals surface area contributed by atoms with Crippen LogP contribution in [-0.4, -0.2) is 24.3 Å². The van der Waals surface area contributed by atoms with Gasteiger partial charge in [-0.05, 0) is 31.0 Å². The number of amides is 1. The SMILES string of the molecule is Cc1cc(-c2ccc(CC(=O)Nc3cc(C4(C)COC4)on3)cc2)c[nH+]c1N. The number of carbonyl (C=O) groups excluding carboxylic acids is 1. The van der Waals surface area contributed by atoms with E-state index >= 15 is 0 Å². The third kappa shape index (κ3) is 3.61. The number of hydrogen-bond acceptors (Lipinski definition) is 5. The van der Waals surface area contributed by atoms with Crippen LogP contribution in [0.15, 0.2) is 47.1 Å². The summed E-state index contributed by atoms with van der Waals surface area (Å²) in [4.78, 5) is 15.4. The molecule has 1 saturated heterocycles. The number of nitrogen functional groups attached to an aromatic ring is 1. The van der Waals surface area contributed by atoms with Crippen LogP contribution in [0.2, 0.25) is 0 Å². The molecule has 4 rings (SSSR count). The molecule has 7 heteroatoms. The number of carbonyl (C=O) groups is 1. The molecule has 28 heavy (non-hydrogen) atoms. The molecule has 1 fully saturated rings. The molecule has 0 aliphatic carbocycles. The Balaban J connectivity index is 1.39. The van der Waals surface area contributed by atoms with Gasteiger partial charge in [0.25, 0.3) is 5.82 Å². The second-order valence-corrected chi connectivity index (χ2v) is 7.54. The lowest BCUT2D eigenvalue weighted by Crippen LogP contribution is -2.43. The summed E-state index contributed by atoms with van der Waals surface area (Å²) in [6.07, 6.45) is 2.13. The molecular weight excluding hydrogens is 356 g/mol. The molecule has 3 heterocycles. The fourth-order valence-corrected chi connectivity index (χ4v) is 3.15. The highest BCUT2D eigenvalue weighted by molar-refractivity contribution is 5.91. The monoisotopic (exact) mass is 379 g/mol. The molecule has 7 nitrogen and oxygen atoms in total. The van der Waals surface area contributed by atoms with Gasteiger partial charge in [0.05, 0.1) is 31.2 Å². The van der Waals surface area contributed by atoms with E-state index < -0.39 is 0 Å². The summed E-state index contributed by atoms with van der Waals surface area (Å²) in [5, 5.41) is 6.73. The Bertz CT molecular complexity index is 1010. The average Bonchev–Trinajstić information content (AvgIpc) is 3.11. The molecule has 4 N–H and O–H groups in total. The molecule has 1 aliphatic heterocycles. The molecule has 144 valence electrons. The summed E-state index contributed by atoms with van der Waals surface area (Å²) in [5.41, 5.74) is 9.69. The average molecular weight is 379 g/mol. The van der Waals surface area contributed by atoms with Crippen LogP contribution in [0.4, 0.5) is 11.6 Å². The first-order chi connectivity index (χ1) is 13.4. The smallest absolute Gasteiger partial charge is 0.273 e. The first-order valence-electron chi connectivity index (χ1n) is 9.15. The molecule has 0 atom stereocenters. The molecule has 0 spiro atoms. The Labute approximate surface area is 162 Å². The van der Waals surface area contributed by atoms with Gasteiger partial charge in [-0.15, -0.1) is 0 Å². The van der Waals surface area contributed by atoms with Crippen molar-refractivity contribution in [2.24, 2.45) is 0 Å². The number of nitrogens with one attached hydrogen (secondary N) is 2. The van der Waals surface area contributed by atoms with Crippen LogP contribution in [0, 0.1) is 6.92 Å². The van der Waals surface area contributed by atoms with E-state index in [-0.39, 0.29) is 17.7 Å². The summed E-state index contributed by atoms with van der Waals surface area (Å²) in [6, 6.07) is 11.7. The van der Waals surface area contributed by atoms with Gasteiger partial charge in [0, 0.05) is 17.2 Å². The third-order valence-corrected chi connectivity index (χ3v) is 5.05. The summed E-state index contributed by atoms with van der Waals surface area (Å²) in [6.45, 7) is 5.21. The maximum absolute atomic E-state index is 12.3. The Kier molecular flexibility index (Phi) is 4.60. The highest BCUT2D eigenvalue weighted by atomic mass is 16.5. The lowest BCUT2D eigenvalue weighted by Gasteiger charge is -2.35.